The van der Waals surface area contributed by atoms with Crippen molar-refractivity contribution in [3.63, 3.8) is 0 Å². The van der Waals surface area contributed by atoms with Crippen LogP contribution in [0.2, 0.25) is 0 Å². The smallest absolute Gasteiger partial charge is 0.321 e. The molecule has 0 bridgehead atoms. The molecule has 1 atom stereocenters. The molecule has 0 aromatic rings. The van der Waals surface area contributed by atoms with Gasteiger partial charge in [-0.3, -0.25) is 9.69 Å². The molecule has 1 aliphatic carbocycles. The largest absolute Gasteiger partial charge is 0.480 e. The van der Waals surface area contributed by atoms with Gasteiger partial charge in [-0.15, -0.1) is 0 Å². The first-order valence-corrected chi connectivity index (χ1v) is 5.76. The number of rotatable bonds is 3. The second kappa shape index (κ2) is 4.30. The molecule has 0 amide bonds. The average molecular weight is 197 g/mol. The van der Waals surface area contributed by atoms with Crippen LogP contribution in [0.25, 0.3) is 0 Å². The maximum Gasteiger partial charge on any atom is 0.321 e. The predicted molar refractivity (Wildman–Crippen MR) is 54.2 cm³/mol. The van der Waals surface area contributed by atoms with Crippen LogP contribution in [0.3, 0.4) is 0 Å². The molecule has 1 saturated carbocycles. The first-order chi connectivity index (χ1) is 6.79. The zero-order chi connectivity index (χ0) is 9.97. The van der Waals surface area contributed by atoms with Crippen molar-refractivity contribution in [3.05, 3.63) is 0 Å². The minimum atomic E-state index is -0.598. The van der Waals surface area contributed by atoms with Gasteiger partial charge < -0.3 is 5.11 Å². The quantitative estimate of drug-likeness (QED) is 0.749. The molecule has 2 aliphatic rings. The fraction of sp³-hybridized carbons (Fsp3) is 0.909. The van der Waals surface area contributed by atoms with Gasteiger partial charge in [-0.2, -0.15) is 0 Å². The standard InChI is InChI=1S/C11H19NO2/c13-11(14)10(9-5-1-2-6-9)12-7-3-4-8-12/h9-10H,1-8H2,(H,13,14). The second-order valence-corrected chi connectivity index (χ2v) is 4.57. The van der Waals surface area contributed by atoms with E-state index in [0.29, 0.717) is 5.92 Å². The van der Waals surface area contributed by atoms with Gasteiger partial charge in [-0.05, 0) is 44.7 Å². The number of carbonyl (C=O) groups is 1. The van der Waals surface area contributed by atoms with E-state index >= 15 is 0 Å². The summed E-state index contributed by atoms with van der Waals surface area (Å²) in [5.74, 6) is -0.176. The van der Waals surface area contributed by atoms with Gasteiger partial charge in [0.15, 0.2) is 0 Å². The van der Waals surface area contributed by atoms with E-state index in [1.54, 1.807) is 0 Å². The summed E-state index contributed by atoms with van der Waals surface area (Å²) < 4.78 is 0. The molecule has 1 N–H and O–H groups in total. The summed E-state index contributed by atoms with van der Waals surface area (Å²) in [5, 5.41) is 9.25. The Morgan fingerprint density at radius 3 is 2.21 bits per heavy atom. The number of aliphatic carboxylic acids is 1. The van der Waals surface area contributed by atoms with Crippen LogP contribution in [0.15, 0.2) is 0 Å². The Bertz CT molecular complexity index is 189. The molecule has 1 unspecified atom stereocenters. The van der Waals surface area contributed by atoms with E-state index in [4.69, 9.17) is 0 Å². The third-order valence-corrected chi connectivity index (χ3v) is 3.63. The number of likely N-dealkylation sites (tertiary alicyclic amines) is 1. The van der Waals surface area contributed by atoms with E-state index in [0.717, 1.165) is 25.9 Å². The maximum absolute atomic E-state index is 11.2. The maximum atomic E-state index is 11.2. The van der Waals surface area contributed by atoms with Crippen molar-refractivity contribution < 1.29 is 9.90 Å². The van der Waals surface area contributed by atoms with E-state index < -0.39 is 5.97 Å². The average Bonchev–Trinajstić information content (AvgIpc) is 2.75. The van der Waals surface area contributed by atoms with Gasteiger partial charge in [0.05, 0.1) is 0 Å². The van der Waals surface area contributed by atoms with Gasteiger partial charge >= 0.3 is 5.97 Å². The van der Waals surface area contributed by atoms with Gasteiger partial charge in [0.2, 0.25) is 0 Å². The number of nitrogens with zero attached hydrogens (tertiary/aromatic N) is 1. The van der Waals surface area contributed by atoms with Gasteiger partial charge in [0.25, 0.3) is 0 Å². The van der Waals surface area contributed by atoms with Gasteiger partial charge in [0.1, 0.15) is 6.04 Å². The first-order valence-electron chi connectivity index (χ1n) is 5.76. The SMILES string of the molecule is O=C(O)C(C1CCCC1)N1CCCC1. The van der Waals surface area contributed by atoms with Crippen LogP contribution >= 0.6 is 0 Å². The van der Waals surface area contributed by atoms with Crippen LogP contribution in [0, 0.1) is 5.92 Å². The van der Waals surface area contributed by atoms with Crippen LogP contribution in [0.4, 0.5) is 0 Å². The van der Waals surface area contributed by atoms with Crippen molar-refractivity contribution in [2.45, 2.75) is 44.6 Å². The Morgan fingerprint density at radius 1 is 1.14 bits per heavy atom. The van der Waals surface area contributed by atoms with Gasteiger partial charge in [-0.25, -0.2) is 0 Å². The highest BCUT2D eigenvalue weighted by Gasteiger charge is 2.36. The van der Waals surface area contributed by atoms with E-state index in [2.05, 4.69) is 4.90 Å². The van der Waals surface area contributed by atoms with Crippen LogP contribution in [-0.4, -0.2) is 35.1 Å². The molecule has 3 heteroatoms. The molecule has 0 radical (unpaired) electrons. The lowest BCUT2D eigenvalue weighted by atomic mass is 9.97. The highest BCUT2D eigenvalue weighted by Crippen LogP contribution is 2.31. The Labute approximate surface area is 85.1 Å². The van der Waals surface area contributed by atoms with Crippen molar-refractivity contribution in [1.82, 2.24) is 4.90 Å². The summed E-state index contributed by atoms with van der Waals surface area (Å²) >= 11 is 0. The van der Waals surface area contributed by atoms with E-state index in [1.807, 2.05) is 0 Å². The van der Waals surface area contributed by atoms with E-state index in [-0.39, 0.29) is 6.04 Å². The molecule has 2 rings (SSSR count). The van der Waals surface area contributed by atoms with Crippen LogP contribution in [-0.2, 0) is 4.79 Å². The van der Waals surface area contributed by atoms with E-state index in [9.17, 15) is 9.90 Å². The van der Waals surface area contributed by atoms with Gasteiger partial charge in [-0.1, -0.05) is 12.8 Å². The molecule has 80 valence electrons. The van der Waals surface area contributed by atoms with Crippen molar-refractivity contribution >= 4 is 5.97 Å². The number of hydrogen-bond donors (Lipinski definition) is 1. The lowest BCUT2D eigenvalue weighted by molar-refractivity contribution is -0.145. The summed E-state index contributed by atoms with van der Waals surface area (Å²) in [6.45, 7) is 1.99. The summed E-state index contributed by atoms with van der Waals surface area (Å²) in [5.41, 5.74) is 0. The lowest BCUT2D eigenvalue weighted by Crippen LogP contribution is -2.43. The van der Waals surface area contributed by atoms with Crippen molar-refractivity contribution in [1.29, 1.82) is 0 Å². The minimum Gasteiger partial charge on any atom is -0.480 e. The zero-order valence-electron chi connectivity index (χ0n) is 8.61. The van der Waals surface area contributed by atoms with Crippen molar-refractivity contribution in [2.75, 3.05) is 13.1 Å². The highest BCUT2D eigenvalue weighted by molar-refractivity contribution is 5.74. The molecular weight excluding hydrogens is 178 g/mol. The summed E-state index contributed by atoms with van der Waals surface area (Å²) in [6.07, 6.45) is 7.04. The number of carboxylic acid groups (broad SMARTS) is 1. The predicted octanol–water partition coefficient (Wildman–Crippen LogP) is 1.73. The normalized spacial score (nSPS) is 26.9. The fourth-order valence-electron chi connectivity index (χ4n) is 2.95. The Morgan fingerprint density at radius 2 is 1.71 bits per heavy atom. The third kappa shape index (κ3) is 1.92. The monoisotopic (exact) mass is 197 g/mol. The van der Waals surface area contributed by atoms with Crippen molar-refractivity contribution in [2.24, 2.45) is 5.92 Å². The second-order valence-electron chi connectivity index (χ2n) is 4.57. The first kappa shape index (κ1) is 9.97. The Hall–Kier alpha value is -0.570. The molecule has 1 heterocycles. The molecule has 2 fully saturated rings. The van der Waals surface area contributed by atoms with Crippen LogP contribution in [0.5, 0.6) is 0 Å². The summed E-state index contributed by atoms with van der Waals surface area (Å²) in [4.78, 5) is 13.4. The number of hydrogen-bond acceptors (Lipinski definition) is 2. The topological polar surface area (TPSA) is 40.5 Å². The molecule has 0 spiro atoms. The molecular formula is C11H19NO2. The summed E-state index contributed by atoms with van der Waals surface area (Å²) in [6, 6.07) is -0.181. The zero-order valence-corrected chi connectivity index (χ0v) is 8.61. The fourth-order valence-corrected chi connectivity index (χ4v) is 2.95. The lowest BCUT2D eigenvalue weighted by Gasteiger charge is -2.28. The molecule has 1 saturated heterocycles. The molecule has 0 aromatic carbocycles. The molecule has 3 nitrogen and oxygen atoms in total. The summed E-state index contributed by atoms with van der Waals surface area (Å²) in [7, 11) is 0. The molecule has 14 heavy (non-hydrogen) atoms. The Kier molecular flexibility index (Phi) is 3.06. The highest BCUT2D eigenvalue weighted by atomic mass is 16.4. The van der Waals surface area contributed by atoms with Crippen LogP contribution in [0.1, 0.15) is 38.5 Å². The van der Waals surface area contributed by atoms with Gasteiger partial charge in [0, 0.05) is 0 Å². The van der Waals surface area contributed by atoms with E-state index in [1.165, 1.54) is 25.7 Å². The van der Waals surface area contributed by atoms with Crippen LogP contribution < -0.4 is 0 Å². The number of carboxylic acids is 1. The minimum absolute atomic E-state index is 0.181. The third-order valence-electron chi connectivity index (χ3n) is 3.63. The molecule has 1 aliphatic heterocycles. The van der Waals surface area contributed by atoms with Crippen molar-refractivity contribution in [3.8, 4) is 0 Å². The molecule has 0 aromatic heterocycles. The Balaban J connectivity index is 2.02.